The van der Waals surface area contributed by atoms with Gasteiger partial charge in [0.1, 0.15) is 5.78 Å². The third-order valence-electron chi connectivity index (χ3n) is 5.42. The maximum absolute atomic E-state index is 12.2. The Balaban J connectivity index is 2.50. The Morgan fingerprint density at radius 1 is 1.29 bits per heavy atom. The fourth-order valence-electron chi connectivity index (χ4n) is 3.57. The summed E-state index contributed by atoms with van der Waals surface area (Å²) in [7, 11) is 1.68. The van der Waals surface area contributed by atoms with Crippen LogP contribution in [0.5, 0.6) is 0 Å². The van der Waals surface area contributed by atoms with Crippen molar-refractivity contribution in [3.05, 3.63) is 24.3 Å². The van der Waals surface area contributed by atoms with Gasteiger partial charge in [0.25, 0.3) is 0 Å². The molecule has 160 valence electrons. The van der Waals surface area contributed by atoms with Crippen LogP contribution in [-0.4, -0.2) is 53.0 Å². The molecule has 0 aromatic rings. The first-order chi connectivity index (χ1) is 13.4. The molecule has 0 radical (unpaired) electrons. The second-order valence-electron chi connectivity index (χ2n) is 7.76. The zero-order chi connectivity index (χ0) is 20.9. The Morgan fingerprint density at radius 2 is 2.04 bits per heavy atom. The van der Waals surface area contributed by atoms with Crippen molar-refractivity contribution in [2.45, 2.75) is 70.5 Å². The molecule has 6 heteroatoms. The molecule has 0 unspecified atom stereocenters. The lowest BCUT2D eigenvalue weighted by Gasteiger charge is -2.19. The number of carbonyl (C=O) groups excluding carboxylic acids is 1. The van der Waals surface area contributed by atoms with Gasteiger partial charge in [0, 0.05) is 38.4 Å². The molecule has 3 N–H and O–H groups in total. The van der Waals surface area contributed by atoms with Crippen LogP contribution < -0.4 is 0 Å². The number of ketones is 1. The first-order valence-electron chi connectivity index (χ1n) is 10.3. The van der Waals surface area contributed by atoms with E-state index in [1.165, 1.54) is 0 Å². The highest BCUT2D eigenvalue weighted by Crippen LogP contribution is 2.33. The van der Waals surface area contributed by atoms with Crippen LogP contribution in [0.1, 0.15) is 58.3 Å². The van der Waals surface area contributed by atoms with E-state index in [4.69, 9.17) is 9.84 Å². The van der Waals surface area contributed by atoms with E-state index in [0.717, 1.165) is 25.9 Å². The minimum Gasteiger partial charge on any atom is -0.481 e. The summed E-state index contributed by atoms with van der Waals surface area (Å²) in [6.45, 7) is 2.72. The van der Waals surface area contributed by atoms with E-state index in [1.54, 1.807) is 19.3 Å². The summed E-state index contributed by atoms with van der Waals surface area (Å²) >= 11 is 0. The SMILES string of the molecule is COCCCC[C@@H](C)[C@@H](O)/C=C/[C@H]1[C@H](O)CC(=O)[C@@H]1C/C=C\CCCC(=O)O. The van der Waals surface area contributed by atoms with Crippen LogP contribution >= 0.6 is 0 Å². The van der Waals surface area contributed by atoms with Crippen molar-refractivity contribution in [2.24, 2.45) is 17.8 Å². The predicted molar refractivity (Wildman–Crippen MR) is 108 cm³/mol. The second kappa shape index (κ2) is 13.6. The van der Waals surface area contributed by atoms with Gasteiger partial charge in [0.05, 0.1) is 12.2 Å². The number of Topliss-reactive ketones (excluding diaryl/α,β-unsaturated/α-hetero) is 1. The molecule has 0 spiro atoms. The molecule has 1 aliphatic carbocycles. The van der Waals surface area contributed by atoms with E-state index in [0.29, 0.717) is 19.3 Å². The number of allylic oxidation sites excluding steroid dienone is 2. The fraction of sp³-hybridized carbons (Fsp3) is 0.727. The minimum atomic E-state index is -0.806. The molecule has 1 rings (SSSR count). The van der Waals surface area contributed by atoms with Crippen LogP contribution in [-0.2, 0) is 14.3 Å². The number of ether oxygens (including phenoxy) is 1. The smallest absolute Gasteiger partial charge is 0.303 e. The molecule has 0 bridgehead atoms. The average Bonchev–Trinajstić information content (AvgIpc) is 2.91. The zero-order valence-electron chi connectivity index (χ0n) is 17.1. The third kappa shape index (κ3) is 9.13. The number of carboxylic acid groups (broad SMARTS) is 1. The number of methoxy groups -OCH3 is 1. The number of carbonyl (C=O) groups is 2. The first-order valence-corrected chi connectivity index (χ1v) is 10.3. The summed E-state index contributed by atoms with van der Waals surface area (Å²) in [6.07, 6.45) is 10.9. The van der Waals surface area contributed by atoms with Gasteiger partial charge in [0.2, 0.25) is 0 Å². The van der Waals surface area contributed by atoms with Crippen LogP contribution in [0.25, 0.3) is 0 Å². The van der Waals surface area contributed by atoms with Crippen molar-refractivity contribution in [2.75, 3.05) is 13.7 Å². The molecule has 0 aromatic carbocycles. The number of aliphatic hydroxyl groups is 2. The molecule has 0 amide bonds. The van der Waals surface area contributed by atoms with E-state index in [1.807, 2.05) is 19.1 Å². The maximum atomic E-state index is 12.2. The monoisotopic (exact) mass is 396 g/mol. The molecular weight excluding hydrogens is 360 g/mol. The minimum absolute atomic E-state index is 0.0411. The molecule has 28 heavy (non-hydrogen) atoms. The number of carboxylic acids is 1. The quantitative estimate of drug-likeness (QED) is 0.308. The molecule has 0 aliphatic heterocycles. The van der Waals surface area contributed by atoms with Crippen LogP contribution in [0.15, 0.2) is 24.3 Å². The normalized spacial score (nSPS) is 25.0. The Hall–Kier alpha value is -1.50. The Labute approximate surface area is 168 Å². The molecule has 1 aliphatic rings. The van der Waals surface area contributed by atoms with Crippen LogP contribution in [0.4, 0.5) is 0 Å². The topological polar surface area (TPSA) is 104 Å². The van der Waals surface area contributed by atoms with Crippen molar-refractivity contribution >= 4 is 11.8 Å². The fourth-order valence-corrected chi connectivity index (χ4v) is 3.57. The largest absolute Gasteiger partial charge is 0.481 e. The zero-order valence-corrected chi connectivity index (χ0v) is 17.1. The Bertz CT molecular complexity index is 527. The van der Waals surface area contributed by atoms with Gasteiger partial charge < -0.3 is 20.1 Å². The molecule has 0 saturated heterocycles. The van der Waals surface area contributed by atoms with Crippen molar-refractivity contribution in [1.82, 2.24) is 0 Å². The average molecular weight is 397 g/mol. The lowest BCUT2D eigenvalue weighted by Crippen LogP contribution is -2.20. The molecule has 0 aromatic heterocycles. The highest BCUT2D eigenvalue weighted by atomic mass is 16.5. The molecule has 0 heterocycles. The van der Waals surface area contributed by atoms with Crippen molar-refractivity contribution < 1.29 is 29.6 Å². The second-order valence-corrected chi connectivity index (χ2v) is 7.76. The number of hydrogen-bond acceptors (Lipinski definition) is 5. The lowest BCUT2D eigenvalue weighted by atomic mass is 9.89. The summed E-state index contributed by atoms with van der Waals surface area (Å²) in [6, 6.07) is 0. The van der Waals surface area contributed by atoms with Crippen LogP contribution in [0, 0.1) is 17.8 Å². The molecule has 1 fully saturated rings. The van der Waals surface area contributed by atoms with Crippen LogP contribution in [0.2, 0.25) is 0 Å². The predicted octanol–water partition coefficient (Wildman–Crippen LogP) is 3.12. The first kappa shape index (κ1) is 24.5. The number of rotatable bonds is 14. The van der Waals surface area contributed by atoms with E-state index >= 15 is 0 Å². The maximum Gasteiger partial charge on any atom is 0.303 e. The van der Waals surface area contributed by atoms with E-state index in [2.05, 4.69) is 0 Å². The van der Waals surface area contributed by atoms with Crippen molar-refractivity contribution in [3.8, 4) is 0 Å². The van der Waals surface area contributed by atoms with Crippen LogP contribution in [0.3, 0.4) is 0 Å². The molecular formula is C22H36O6. The lowest BCUT2D eigenvalue weighted by molar-refractivity contribution is -0.137. The number of hydrogen-bond donors (Lipinski definition) is 3. The summed E-state index contributed by atoms with van der Waals surface area (Å²) in [5, 5.41) is 29.2. The number of aliphatic carboxylic acids is 1. The Morgan fingerprint density at radius 3 is 2.71 bits per heavy atom. The van der Waals surface area contributed by atoms with Crippen molar-refractivity contribution in [1.29, 1.82) is 0 Å². The van der Waals surface area contributed by atoms with Gasteiger partial charge in [-0.25, -0.2) is 0 Å². The molecule has 1 saturated carbocycles. The van der Waals surface area contributed by atoms with E-state index < -0.39 is 18.2 Å². The highest BCUT2D eigenvalue weighted by molar-refractivity contribution is 5.84. The summed E-state index contributed by atoms with van der Waals surface area (Å²) < 4.78 is 5.03. The van der Waals surface area contributed by atoms with Gasteiger partial charge in [-0.1, -0.05) is 37.6 Å². The van der Waals surface area contributed by atoms with Gasteiger partial charge in [-0.05, 0) is 38.0 Å². The van der Waals surface area contributed by atoms with Gasteiger partial charge in [-0.2, -0.15) is 0 Å². The van der Waals surface area contributed by atoms with E-state index in [9.17, 15) is 19.8 Å². The standard InChI is InChI=1S/C22H36O6/c1-16(9-7-8-14-28-2)19(23)13-12-18-17(20(24)15-21(18)25)10-5-3-4-6-11-22(26)27/h3,5,12-13,16-19,21,23,25H,4,6-11,14-15H2,1-2H3,(H,26,27)/b5-3-,13-12+/t16-,17-,18-,19+,21-/m1/s1. The third-order valence-corrected chi connectivity index (χ3v) is 5.42. The van der Waals surface area contributed by atoms with E-state index in [-0.39, 0.29) is 36.4 Å². The summed E-state index contributed by atoms with van der Waals surface area (Å²) in [5.41, 5.74) is 0. The Kier molecular flexibility index (Phi) is 12.0. The summed E-state index contributed by atoms with van der Waals surface area (Å²) in [5.74, 6) is -1.23. The van der Waals surface area contributed by atoms with Gasteiger partial charge >= 0.3 is 5.97 Å². The van der Waals surface area contributed by atoms with Gasteiger partial charge in [0.15, 0.2) is 0 Å². The summed E-state index contributed by atoms with van der Waals surface area (Å²) in [4.78, 5) is 22.7. The van der Waals surface area contributed by atoms with Gasteiger partial charge in [-0.3, -0.25) is 9.59 Å². The van der Waals surface area contributed by atoms with Gasteiger partial charge in [-0.15, -0.1) is 0 Å². The molecule has 5 atom stereocenters. The molecule has 6 nitrogen and oxygen atoms in total. The number of aliphatic hydroxyl groups excluding tert-OH is 2. The number of unbranched alkanes of at least 4 members (excludes halogenated alkanes) is 2. The van der Waals surface area contributed by atoms with Crippen molar-refractivity contribution in [3.63, 3.8) is 0 Å². The highest BCUT2D eigenvalue weighted by Gasteiger charge is 2.39.